The molecule has 0 aromatic heterocycles. The molecule has 0 spiro atoms. The lowest BCUT2D eigenvalue weighted by Gasteiger charge is -2.13. The molecule has 1 unspecified atom stereocenters. The summed E-state index contributed by atoms with van der Waals surface area (Å²) in [6.45, 7) is 0. The average Bonchev–Trinajstić information content (AvgIpc) is 2.35. The van der Waals surface area contributed by atoms with Gasteiger partial charge in [0.15, 0.2) is 0 Å². The van der Waals surface area contributed by atoms with E-state index in [1.165, 1.54) is 19.3 Å². The Morgan fingerprint density at radius 1 is 1.31 bits per heavy atom. The van der Waals surface area contributed by atoms with E-state index in [1.807, 2.05) is 18.2 Å². The number of aldehydes is 1. The second-order valence-corrected chi connectivity index (χ2v) is 2.92. The first-order chi connectivity index (χ1) is 7.77. The van der Waals surface area contributed by atoms with E-state index in [-0.39, 0.29) is 0 Å². The molecule has 1 atom stereocenters. The Balaban J connectivity index is 2.83. The van der Waals surface area contributed by atoms with Crippen molar-refractivity contribution in [2.75, 3.05) is 7.11 Å². The number of carbonyl (C=O) groups is 2. The molecule has 0 amide bonds. The molecular formula is C12H12O4. The minimum Gasteiger partial charge on any atom is -0.438 e. The van der Waals surface area contributed by atoms with Gasteiger partial charge in [-0.2, -0.15) is 0 Å². The zero-order valence-corrected chi connectivity index (χ0v) is 8.83. The van der Waals surface area contributed by atoms with Crippen LogP contribution < -0.4 is 0 Å². The second kappa shape index (κ2) is 6.40. The highest BCUT2D eigenvalue weighted by molar-refractivity contribution is 5.65. The molecule has 0 saturated carbocycles. The van der Waals surface area contributed by atoms with Crippen LogP contribution in [0.3, 0.4) is 0 Å². The lowest BCUT2D eigenvalue weighted by molar-refractivity contribution is -0.104. The number of hydrogen-bond acceptors (Lipinski definition) is 4. The molecule has 4 heteroatoms. The predicted molar refractivity (Wildman–Crippen MR) is 57.9 cm³/mol. The van der Waals surface area contributed by atoms with Gasteiger partial charge in [0.1, 0.15) is 12.4 Å². The van der Waals surface area contributed by atoms with Crippen molar-refractivity contribution in [3.8, 4) is 0 Å². The summed E-state index contributed by atoms with van der Waals surface area (Å²) >= 11 is 0. The van der Waals surface area contributed by atoms with Crippen LogP contribution in [0.15, 0.2) is 42.5 Å². The van der Waals surface area contributed by atoms with Gasteiger partial charge in [-0.15, -0.1) is 0 Å². The summed E-state index contributed by atoms with van der Waals surface area (Å²) in [5.74, 6) is 0. The topological polar surface area (TPSA) is 52.6 Å². The summed E-state index contributed by atoms with van der Waals surface area (Å²) in [5, 5.41) is 0. The van der Waals surface area contributed by atoms with E-state index in [9.17, 15) is 9.59 Å². The van der Waals surface area contributed by atoms with Gasteiger partial charge in [0.05, 0.1) is 7.11 Å². The number of ether oxygens (including phenoxy) is 2. The summed E-state index contributed by atoms with van der Waals surface area (Å²) in [6, 6.07) is 9.07. The Bertz CT molecular complexity index is 370. The lowest BCUT2D eigenvalue weighted by Crippen LogP contribution is -2.09. The molecule has 84 valence electrons. The van der Waals surface area contributed by atoms with E-state index in [1.54, 1.807) is 12.1 Å². The predicted octanol–water partition coefficient (Wildman–Crippen LogP) is 2.27. The molecule has 1 aromatic carbocycles. The lowest BCUT2D eigenvalue weighted by atomic mass is 10.1. The molecule has 4 nitrogen and oxygen atoms in total. The standard InChI is InChI=1S/C12H12O4/c1-15-12(14)16-11(8-5-9-13)10-6-3-2-4-7-10/h2-9,11H,1H3/b8-5+. The van der Waals surface area contributed by atoms with Crippen LogP contribution in [0.4, 0.5) is 4.79 Å². The molecule has 0 aliphatic rings. The Hall–Kier alpha value is -2.10. The highest BCUT2D eigenvalue weighted by Gasteiger charge is 2.13. The first-order valence-corrected chi connectivity index (χ1v) is 4.69. The van der Waals surface area contributed by atoms with Crippen molar-refractivity contribution in [2.45, 2.75) is 6.10 Å². The second-order valence-electron chi connectivity index (χ2n) is 2.92. The third kappa shape index (κ3) is 3.57. The molecule has 0 aliphatic heterocycles. The molecule has 1 rings (SSSR count). The third-order valence-corrected chi connectivity index (χ3v) is 1.88. The quantitative estimate of drug-likeness (QED) is 0.443. The molecular weight excluding hydrogens is 208 g/mol. The molecule has 1 aromatic rings. The highest BCUT2D eigenvalue weighted by Crippen LogP contribution is 2.18. The summed E-state index contributed by atoms with van der Waals surface area (Å²) in [5.41, 5.74) is 0.769. The van der Waals surface area contributed by atoms with Gasteiger partial charge in [-0.05, 0) is 17.7 Å². The van der Waals surface area contributed by atoms with E-state index in [2.05, 4.69) is 4.74 Å². The van der Waals surface area contributed by atoms with Crippen molar-refractivity contribution < 1.29 is 19.1 Å². The third-order valence-electron chi connectivity index (χ3n) is 1.88. The Morgan fingerprint density at radius 2 is 2.00 bits per heavy atom. The largest absolute Gasteiger partial charge is 0.508 e. The first kappa shape index (κ1) is 12.0. The minimum absolute atomic E-state index is 0.612. The number of methoxy groups -OCH3 is 1. The van der Waals surface area contributed by atoms with E-state index in [0.29, 0.717) is 6.29 Å². The van der Waals surface area contributed by atoms with Gasteiger partial charge in [0.25, 0.3) is 0 Å². The number of hydrogen-bond donors (Lipinski definition) is 0. The van der Waals surface area contributed by atoms with Crippen LogP contribution in [0.2, 0.25) is 0 Å². The molecule has 0 bridgehead atoms. The molecule has 0 fully saturated rings. The SMILES string of the molecule is COC(=O)OC(/C=C/C=O)c1ccccc1. The maximum Gasteiger partial charge on any atom is 0.508 e. The van der Waals surface area contributed by atoms with E-state index in [0.717, 1.165) is 5.56 Å². The van der Waals surface area contributed by atoms with Gasteiger partial charge >= 0.3 is 6.16 Å². The fraction of sp³-hybridized carbons (Fsp3) is 0.167. The zero-order valence-electron chi connectivity index (χ0n) is 8.83. The summed E-state index contributed by atoms with van der Waals surface area (Å²) in [7, 11) is 1.23. The Kier molecular flexibility index (Phi) is 4.79. The van der Waals surface area contributed by atoms with Crippen LogP contribution in [0.1, 0.15) is 11.7 Å². The maximum atomic E-state index is 11.0. The average molecular weight is 220 g/mol. The normalized spacial score (nSPS) is 12.1. The van der Waals surface area contributed by atoms with Gasteiger partial charge < -0.3 is 9.47 Å². The van der Waals surface area contributed by atoms with E-state index < -0.39 is 12.3 Å². The van der Waals surface area contributed by atoms with Gasteiger partial charge in [-0.25, -0.2) is 4.79 Å². The molecule has 0 saturated heterocycles. The van der Waals surface area contributed by atoms with Crippen molar-refractivity contribution in [3.63, 3.8) is 0 Å². The van der Waals surface area contributed by atoms with Gasteiger partial charge in [-0.1, -0.05) is 30.3 Å². The van der Waals surface area contributed by atoms with Crippen molar-refractivity contribution in [1.82, 2.24) is 0 Å². The maximum absolute atomic E-state index is 11.0. The fourth-order valence-corrected chi connectivity index (χ4v) is 1.16. The van der Waals surface area contributed by atoms with E-state index >= 15 is 0 Å². The Labute approximate surface area is 93.5 Å². The van der Waals surface area contributed by atoms with Crippen LogP contribution >= 0.6 is 0 Å². The zero-order chi connectivity index (χ0) is 11.8. The van der Waals surface area contributed by atoms with Crippen LogP contribution in [-0.4, -0.2) is 19.6 Å². The highest BCUT2D eigenvalue weighted by atomic mass is 16.7. The summed E-state index contributed by atoms with van der Waals surface area (Å²) in [4.78, 5) is 21.2. The molecule has 0 aliphatic carbocycles. The van der Waals surface area contributed by atoms with Crippen molar-refractivity contribution in [1.29, 1.82) is 0 Å². The first-order valence-electron chi connectivity index (χ1n) is 4.69. The number of rotatable bonds is 4. The van der Waals surface area contributed by atoms with Crippen molar-refractivity contribution >= 4 is 12.4 Å². The molecule has 0 N–H and O–H groups in total. The number of carbonyl (C=O) groups excluding carboxylic acids is 2. The van der Waals surface area contributed by atoms with Crippen LogP contribution in [0.25, 0.3) is 0 Å². The molecule has 16 heavy (non-hydrogen) atoms. The minimum atomic E-state index is -0.788. The van der Waals surface area contributed by atoms with E-state index in [4.69, 9.17) is 4.74 Å². The van der Waals surface area contributed by atoms with Gasteiger partial charge in [0, 0.05) is 0 Å². The van der Waals surface area contributed by atoms with Crippen molar-refractivity contribution in [3.05, 3.63) is 48.0 Å². The van der Waals surface area contributed by atoms with Gasteiger partial charge in [0.2, 0.25) is 0 Å². The smallest absolute Gasteiger partial charge is 0.438 e. The van der Waals surface area contributed by atoms with Crippen LogP contribution in [-0.2, 0) is 14.3 Å². The summed E-state index contributed by atoms with van der Waals surface area (Å²) < 4.78 is 9.38. The van der Waals surface area contributed by atoms with Crippen LogP contribution in [0.5, 0.6) is 0 Å². The monoisotopic (exact) mass is 220 g/mol. The van der Waals surface area contributed by atoms with Gasteiger partial charge in [-0.3, -0.25) is 4.79 Å². The molecule has 0 heterocycles. The fourth-order valence-electron chi connectivity index (χ4n) is 1.16. The molecule has 0 radical (unpaired) electrons. The Morgan fingerprint density at radius 3 is 2.56 bits per heavy atom. The number of allylic oxidation sites excluding steroid dienone is 1. The number of benzene rings is 1. The van der Waals surface area contributed by atoms with Crippen molar-refractivity contribution in [2.24, 2.45) is 0 Å². The summed E-state index contributed by atoms with van der Waals surface area (Å²) in [6.07, 6.45) is 1.99. The van der Waals surface area contributed by atoms with Crippen LogP contribution in [0, 0.1) is 0 Å².